The Labute approximate surface area is 188 Å². The fraction of sp³-hybridized carbons (Fsp3) is 0.346. The molecule has 0 spiro atoms. The third-order valence-electron chi connectivity index (χ3n) is 5.71. The predicted molar refractivity (Wildman–Crippen MR) is 123 cm³/mol. The summed E-state index contributed by atoms with van der Waals surface area (Å²) < 4.78 is 5.77. The van der Waals surface area contributed by atoms with E-state index in [2.05, 4.69) is 19.9 Å². The SMILES string of the molecule is CC(C)COc1ccc(C2=C(N3CCCCC3)C(=O)N(c3ccc(C#N)cc3)C2=O)cc1. The number of ether oxygens (including phenoxy) is 1. The maximum Gasteiger partial charge on any atom is 0.282 e. The lowest BCUT2D eigenvalue weighted by atomic mass is 10.0. The molecular formula is C26H27N3O3. The highest BCUT2D eigenvalue weighted by Crippen LogP contribution is 2.36. The van der Waals surface area contributed by atoms with Crippen LogP contribution in [-0.2, 0) is 9.59 Å². The van der Waals surface area contributed by atoms with Crippen molar-refractivity contribution < 1.29 is 14.3 Å². The zero-order valence-electron chi connectivity index (χ0n) is 18.5. The summed E-state index contributed by atoms with van der Waals surface area (Å²) in [5.41, 5.74) is 2.55. The summed E-state index contributed by atoms with van der Waals surface area (Å²) in [7, 11) is 0. The van der Waals surface area contributed by atoms with Crippen LogP contribution in [0.5, 0.6) is 5.75 Å². The van der Waals surface area contributed by atoms with Crippen LogP contribution in [0.15, 0.2) is 54.2 Å². The number of hydrogen-bond donors (Lipinski definition) is 0. The Balaban J connectivity index is 1.71. The van der Waals surface area contributed by atoms with E-state index >= 15 is 0 Å². The minimum Gasteiger partial charge on any atom is -0.493 e. The molecule has 0 atom stereocenters. The lowest BCUT2D eigenvalue weighted by molar-refractivity contribution is -0.120. The molecule has 2 aromatic rings. The minimum absolute atomic E-state index is 0.309. The molecule has 0 unspecified atom stereocenters. The van der Waals surface area contributed by atoms with Crippen molar-refractivity contribution in [3.63, 3.8) is 0 Å². The van der Waals surface area contributed by atoms with Gasteiger partial charge < -0.3 is 9.64 Å². The number of piperidine rings is 1. The van der Waals surface area contributed by atoms with Crippen LogP contribution in [0.1, 0.15) is 44.2 Å². The van der Waals surface area contributed by atoms with E-state index in [-0.39, 0.29) is 11.8 Å². The van der Waals surface area contributed by atoms with E-state index in [1.54, 1.807) is 24.3 Å². The van der Waals surface area contributed by atoms with Gasteiger partial charge in [0.2, 0.25) is 0 Å². The zero-order valence-corrected chi connectivity index (χ0v) is 18.5. The molecule has 6 heteroatoms. The summed E-state index contributed by atoms with van der Waals surface area (Å²) >= 11 is 0. The van der Waals surface area contributed by atoms with E-state index in [4.69, 9.17) is 10.00 Å². The Morgan fingerprint density at radius 1 is 0.938 bits per heavy atom. The Hall–Kier alpha value is -3.59. The third kappa shape index (κ3) is 4.24. The molecule has 0 aromatic heterocycles. The van der Waals surface area contributed by atoms with Gasteiger partial charge in [0, 0.05) is 13.1 Å². The fourth-order valence-corrected chi connectivity index (χ4v) is 4.09. The molecule has 2 aliphatic heterocycles. The van der Waals surface area contributed by atoms with Gasteiger partial charge in [-0.25, -0.2) is 4.90 Å². The minimum atomic E-state index is -0.337. The van der Waals surface area contributed by atoms with Gasteiger partial charge in [-0.05, 0) is 67.1 Å². The van der Waals surface area contributed by atoms with E-state index in [9.17, 15) is 9.59 Å². The average Bonchev–Trinajstić information content (AvgIpc) is 3.08. The average molecular weight is 430 g/mol. The fourth-order valence-electron chi connectivity index (χ4n) is 4.09. The Morgan fingerprint density at radius 2 is 1.59 bits per heavy atom. The normalized spacial score (nSPS) is 16.7. The van der Waals surface area contributed by atoms with Crippen molar-refractivity contribution in [2.24, 2.45) is 5.92 Å². The first-order valence-corrected chi connectivity index (χ1v) is 11.1. The van der Waals surface area contributed by atoms with Gasteiger partial charge in [-0.1, -0.05) is 26.0 Å². The highest BCUT2D eigenvalue weighted by atomic mass is 16.5. The molecule has 0 saturated carbocycles. The maximum absolute atomic E-state index is 13.5. The number of imide groups is 1. The quantitative estimate of drug-likeness (QED) is 0.638. The summed E-state index contributed by atoms with van der Waals surface area (Å²) in [4.78, 5) is 30.3. The molecule has 0 radical (unpaired) electrons. The molecule has 2 aliphatic rings. The van der Waals surface area contributed by atoms with Crippen molar-refractivity contribution in [1.82, 2.24) is 4.90 Å². The number of likely N-dealkylation sites (tertiary alicyclic amines) is 1. The molecule has 1 fully saturated rings. The number of carbonyl (C=O) groups excluding carboxylic acids is 2. The molecule has 0 aliphatic carbocycles. The molecule has 1 saturated heterocycles. The summed E-state index contributed by atoms with van der Waals surface area (Å²) in [5.74, 6) is 0.509. The van der Waals surface area contributed by atoms with Crippen molar-refractivity contribution in [2.75, 3.05) is 24.6 Å². The summed E-state index contributed by atoms with van der Waals surface area (Å²) in [5, 5.41) is 9.07. The van der Waals surface area contributed by atoms with E-state index in [1.165, 1.54) is 4.90 Å². The molecule has 164 valence electrons. The van der Waals surface area contributed by atoms with Gasteiger partial charge in [-0.15, -0.1) is 0 Å². The number of nitriles is 1. The summed E-state index contributed by atoms with van der Waals surface area (Å²) in [6.07, 6.45) is 3.12. The number of carbonyl (C=O) groups is 2. The molecule has 0 N–H and O–H groups in total. The number of amides is 2. The van der Waals surface area contributed by atoms with E-state index in [1.807, 2.05) is 29.2 Å². The largest absolute Gasteiger partial charge is 0.493 e. The standard InChI is InChI=1S/C26H27N3O3/c1-18(2)17-32-22-12-8-20(9-13-22)23-24(28-14-4-3-5-15-28)26(31)29(25(23)30)21-10-6-19(16-27)7-11-21/h6-13,18H,3-5,14-15,17H2,1-2H3. The molecular weight excluding hydrogens is 402 g/mol. The second-order valence-corrected chi connectivity index (χ2v) is 8.60. The third-order valence-corrected chi connectivity index (χ3v) is 5.71. The van der Waals surface area contributed by atoms with Crippen LogP contribution >= 0.6 is 0 Å². The lowest BCUT2D eigenvalue weighted by Gasteiger charge is -2.29. The molecule has 4 rings (SSSR count). The summed E-state index contributed by atoms with van der Waals surface area (Å²) in [6, 6.07) is 16.0. The van der Waals surface area contributed by atoms with Gasteiger partial charge in [0.25, 0.3) is 11.8 Å². The number of hydrogen-bond acceptors (Lipinski definition) is 5. The van der Waals surface area contributed by atoms with Crippen LogP contribution in [-0.4, -0.2) is 36.4 Å². The van der Waals surface area contributed by atoms with Crippen LogP contribution in [0.3, 0.4) is 0 Å². The Morgan fingerprint density at radius 3 is 2.19 bits per heavy atom. The number of nitrogens with zero attached hydrogens (tertiary/aromatic N) is 3. The molecule has 6 nitrogen and oxygen atoms in total. The van der Waals surface area contributed by atoms with Gasteiger partial charge in [0.1, 0.15) is 11.4 Å². The second-order valence-electron chi connectivity index (χ2n) is 8.60. The molecule has 2 heterocycles. The van der Waals surface area contributed by atoms with E-state index in [0.717, 1.165) is 38.1 Å². The van der Waals surface area contributed by atoms with Crippen molar-refractivity contribution in [1.29, 1.82) is 5.26 Å². The Kier molecular flexibility index (Phi) is 6.27. The first-order chi connectivity index (χ1) is 15.5. The number of benzene rings is 2. The van der Waals surface area contributed by atoms with Crippen molar-refractivity contribution in [3.8, 4) is 11.8 Å². The highest BCUT2D eigenvalue weighted by molar-refractivity contribution is 6.45. The molecule has 0 bridgehead atoms. The number of anilines is 1. The summed E-state index contributed by atoms with van der Waals surface area (Å²) in [6.45, 7) is 6.31. The van der Waals surface area contributed by atoms with Gasteiger partial charge in [-0.2, -0.15) is 5.26 Å². The lowest BCUT2D eigenvalue weighted by Crippen LogP contribution is -2.37. The predicted octanol–water partition coefficient (Wildman–Crippen LogP) is 4.36. The van der Waals surface area contributed by atoms with Crippen LogP contribution in [0, 0.1) is 17.2 Å². The zero-order chi connectivity index (χ0) is 22.7. The first-order valence-electron chi connectivity index (χ1n) is 11.1. The highest BCUT2D eigenvalue weighted by Gasteiger charge is 2.42. The maximum atomic E-state index is 13.5. The van der Waals surface area contributed by atoms with Crippen LogP contribution in [0.25, 0.3) is 5.57 Å². The molecule has 2 amide bonds. The van der Waals surface area contributed by atoms with Crippen molar-refractivity contribution in [2.45, 2.75) is 33.1 Å². The van der Waals surface area contributed by atoms with Gasteiger partial charge >= 0.3 is 0 Å². The van der Waals surface area contributed by atoms with E-state index in [0.29, 0.717) is 40.6 Å². The van der Waals surface area contributed by atoms with Crippen LogP contribution in [0.4, 0.5) is 5.69 Å². The van der Waals surface area contributed by atoms with Crippen LogP contribution in [0.2, 0.25) is 0 Å². The first kappa shape index (κ1) is 21.6. The van der Waals surface area contributed by atoms with Crippen molar-refractivity contribution in [3.05, 3.63) is 65.4 Å². The van der Waals surface area contributed by atoms with Gasteiger partial charge in [0.15, 0.2) is 0 Å². The smallest absolute Gasteiger partial charge is 0.282 e. The second kappa shape index (κ2) is 9.27. The number of rotatable bonds is 6. The Bertz CT molecular complexity index is 1070. The van der Waals surface area contributed by atoms with E-state index < -0.39 is 0 Å². The topological polar surface area (TPSA) is 73.6 Å². The van der Waals surface area contributed by atoms with Gasteiger partial charge in [0.05, 0.1) is 29.5 Å². The molecule has 32 heavy (non-hydrogen) atoms. The van der Waals surface area contributed by atoms with Gasteiger partial charge in [-0.3, -0.25) is 9.59 Å². The van der Waals surface area contributed by atoms with Crippen LogP contribution < -0.4 is 9.64 Å². The van der Waals surface area contributed by atoms with Crippen molar-refractivity contribution >= 4 is 23.1 Å². The molecule has 2 aromatic carbocycles. The monoisotopic (exact) mass is 429 g/mol.